The standard InChI is InChI=1S/C22H24N2O4.C2HF3O2/c1-14(23)22(27)28-13-6-2-5-12-24-18-11-7-10-17-19(18)21(26)16-9-4-3-8-15(16)20(17)25;3-2(4,5)1(6)7/h3-4,7-11,14,24H,2,5-6,12-13,23H2,1H3;(H,6,7)/t14-;/m0./s1. The third-order valence-electron chi connectivity index (χ3n) is 4.95. The van der Waals surface area contributed by atoms with E-state index in [9.17, 15) is 27.6 Å². The van der Waals surface area contributed by atoms with E-state index in [1.165, 1.54) is 0 Å². The number of nitrogens with one attached hydrogen (secondary N) is 1. The van der Waals surface area contributed by atoms with E-state index in [1.54, 1.807) is 43.3 Å². The van der Waals surface area contributed by atoms with E-state index in [-0.39, 0.29) is 11.6 Å². The highest BCUT2D eigenvalue weighted by molar-refractivity contribution is 6.30. The Kier molecular flexibility index (Phi) is 9.52. The summed E-state index contributed by atoms with van der Waals surface area (Å²) in [5, 5.41) is 10.4. The van der Waals surface area contributed by atoms with Crippen molar-refractivity contribution >= 4 is 29.2 Å². The van der Waals surface area contributed by atoms with Crippen molar-refractivity contribution in [3.05, 3.63) is 64.7 Å². The maximum Gasteiger partial charge on any atom is 0.490 e. The number of carbonyl (C=O) groups excluding carboxylic acids is 3. The third kappa shape index (κ3) is 7.38. The van der Waals surface area contributed by atoms with Crippen molar-refractivity contribution in [1.29, 1.82) is 0 Å². The Bertz CT molecular complexity index is 1100. The smallest absolute Gasteiger partial charge is 0.475 e. The Morgan fingerprint density at radius 1 is 0.971 bits per heavy atom. The number of carbonyl (C=O) groups is 4. The second-order valence-electron chi connectivity index (χ2n) is 7.68. The first-order valence-corrected chi connectivity index (χ1v) is 10.7. The molecule has 188 valence electrons. The predicted octanol–water partition coefficient (Wildman–Crippen LogP) is 3.57. The summed E-state index contributed by atoms with van der Waals surface area (Å²) in [5.74, 6) is -3.40. The number of ketones is 2. The number of alkyl halides is 3. The summed E-state index contributed by atoms with van der Waals surface area (Å²) >= 11 is 0. The van der Waals surface area contributed by atoms with E-state index in [4.69, 9.17) is 20.4 Å². The van der Waals surface area contributed by atoms with E-state index >= 15 is 0 Å². The van der Waals surface area contributed by atoms with Crippen molar-refractivity contribution in [3.8, 4) is 0 Å². The lowest BCUT2D eigenvalue weighted by Gasteiger charge is -2.20. The van der Waals surface area contributed by atoms with Gasteiger partial charge in [0.2, 0.25) is 0 Å². The van der Waals surface area contributed by atoms with Crippen LogP contribution in [0.15, 0.2) is 42.5 Å². The molecule has 0 saturated heterocycles. The highest BCUT2D eigenvalue weighted by Crippen LogP contribution is 2.31. The molecular weight excluding hydrogens is 469 g/mol. The summed E-state index contributed by atoms with van der Waals surface area (Å²) < 4.78 is 36.8. The van der Waals surface area contributed by atoms with Gasteiger partial charge in [-0.1, -0.05) is 36.4 Å². The summed E-state index contributed by atoms with van der Waals surface area (Å²) in [7, 11) is 0. The summed E-state index contributed by atoms with van der Waals surface area (Å²) in [5.41, 5.74) is 7.90. The van der Waals surface area contributed by atoms with Crippen molar-refractivity contribution < 1.29 is 42.2 Å². The molecule has 0 spiro atoms. The zero-order valence-electron chi connectivity index (χ0n) is 18.9. The zero-order valence-corrected chi connectivity index (χ0v) is 18.9. The quantitative estimate of drug-likeness (QED) is 0.319. The van der Waals surface area contributed by atoms with Crippen molar-refractivity contribution in [3.63, 3.8) is 0 Å². The number of benzene rings is 2. The highest BCUT2D eigenvalue weighted by Gasteiger charge is 2.38. The normalized spacial score (nSPS) is 13.1. The molecule has 3 rings (SSSR count). The number of hydrogen-bond donors (Lipinski definition) is 3. The topological polar surface area (TPSA) is 136 Å². The first kappa shape index (κ1) is 27.5. The fraction of sp³-hybridized carbons (Fsp3) is 0.333. The molecule has 2 aromatic rings. The minimum Gasteiger partial charge on any atom is -0.475 e. The van der Waals surface area contributed by atoms with Crippen LogP contribution in [0.25, 0.3) is 0 Å². The molecule has 35 heavy (non-hydrogen) atoms. The molecule has 0 aromatic heterocycles. The van der Waals surface area contributed by atoms with Crippen LogP contribution < -0.4 is 11.1 Å². The van der Waals surface area contributed by atoms with E-state index in [1.807, 2.05) is 6.07 Å². The number of carboxylic acids is 1. The number of esters is 1. The van der Waals surface area contributed by atoms with Gasteiger partial charge in [0.15, 0.2) is 11.6 Å². The van der Waals surface area contributed by atoms with Gasteiger partial charge >= 0.3 is 18.1 Å². The molecular formula is C24H25F3N2O6. The SMILES string of the molecule is C[C@H](N)C(=O)OCCCCCNc1cccc2c1C(=O)c1ccccc1C2=O.O=C(O)C(F)(F)F. The monoisotopic (exact) mass is 494 g/mol. The van der Waals surface area contributed by atoms with Gasteiger partial charge in [-0.3, -0.25) is 14.4 Å². The van der Waals surface area contributed by atoms with Crippen LogP contribution in [0, 0.1) is 0 Å². The maximum absolute atomic E-state index is 12.9. The molecule has 8 nitrogen and oxygen atoms in total. The molecule has 0 fully saturated rings. The first-order valence-electron chi connectivity index (χ1n) is 10.7. The number of halogens is 3. The second-order valence-corrected chi connectivity index (χ2v) is 7.68. The average molecular weight is 494 g/mol. The van der Waals surface area contributed by atoms with E-state index < -0.39 is 24.2 Å². The van der Waals surface area contributed by atoms with Gasteiger partial charge in [-0.15, -0.1) is 0 Å². The first-order chi connectivity index (χ1) is 16.4. The Hall–Kier alpha value is -3.73. The Morgan fingerprint density at radius 3 is 2.11 bits per heavy atom. The van der Waals surface area contributed by atoms with Crippen LogP contribution in [-0.4, -0.2) is 54.0 Å². The number of ether oxygens (including phenoxy) is 1. The number of hydrogen-bond acceptors (Lipinski definition) is 7. The number of fused-ring (bicyclic) bond motifs is 2. The van der Waals surface area contributed by atoms with Crippen molar-refractivity contribution in [2.75, 3.05) is 18.5 Å². The average Bonchev–Trinajstić information content (AvgIpc) is 2.81. The van der Waals surface area contributed by atoms with E-state index in [2.05, 4.69) is 5.32 Å². The van der Waals surface area contributed by atoms with Crippen molar-refractivity contribution in [2.45, 2.75) is 38.4 Å². The molecule has 1 aliphatic carbocycles. The molecule has 1 aliphatic rings. The number of unbranched alkanes of at least 4 members (excludes halogenated alkanes) is 2. The number of carboxylic acid groups (broad SMARTS) is 1. The molecule has 0 heterocycles. The molecule has 0 radical (unpaired) electrons. The number of rotatable bonds is 8. The lowest BCUT2D eigenvalue weighted by molar-refractivity contribution is -0.192. The molecule has 4 N–H and O–H groups in total. The van der Waals surface area contributed by atoms with Gasteiger partial charge in [-0.2, -0.15) is 13.2 Å². The van der Waals surface area contributed by atoms with Crippen LogP contribution in [0.3, 0.4) is 0 Å². The van der Waals surface area contributed by atoms with Gasteiger partial charge in [0.05, 0.1) is 12.2 Å². The fourth-order valence-electron chi connectivity index (χ4n) is 3.22. The van der Waals surface area contributed by atoms with Crippen LogP contribution in [0.5, 0.6) is 0 Å². The Balaban J connectivity index is 0.000000540. The van der Waals surface area contributed by atoms with Crippen LogP contribution in [-0.2, 0) is 14.3 Å². The molecule has 0 unspecified atom stereocenters. The number of anilines is 1. The second kappa shape index (κ2) is 12.1. The maximum atomic E-state index is 12.9. The largest absolute Gasteiger partial charge is 0.490 e. The highest BCUT2D eigenvalue weighted by atomic mass is 19.4. The Labute approximate surface area is 199 Å². The fourth-order valence-corrected chi connectivity index (χ4v) is 3.22. The van der Waals surface area contributed by atoms with Crippen molar-refractivity contribution in [2.24, 2.45) is 5.73 Å². The molecule has 0 saturated carbocycles. The molecule has 0 bridgehead atoms. The van der Waals surface area contributed by atoms with Gasteiger partial charge in [0.1, 0.15) is 6.04 Å². The molecule has 0 amide bonds. The van der Waals surface area contributed by atoms with Gasteiger partial charge in [0.25, 0.3) is 0 Å². The van der Waals surface area contributed by atoms with E-state index in [0.29, 0.717) is 41.1 Å². The van der Waals surface area contributed by atoms with Crippen LogP contribution >= 0.6 is 0 Å². The predicted molar refractivity (Wildman–Crippen MR) is 120 cm³/mol. The molecule has 11 heteroatoms. The number of nitrogens with two attached hydrogens (primary N) is 1. The minimum absolute atomic E-state index is 0.121. The summed E-state index contributed by atoms with van der Waals surface area (Å²) in [6.45, 7) is 2.60. The number of aliphatic carboxylic acids is 1. The summed E-state index contributed by atoms with van der Waals surface area (Å²) in [6, 6.07) is 11.6. The Morgan fingerprint density at radius 2 is 1.54 bits per heavy atom. The molecule has 2 aromatic carbocycles. The molecule has 0 aliphatic heterocycles. The molecule has 1 atom stereocenters. The van der Waals surface area contributed by atoms with Crippen LogP contribution in [0.4, 0.5) is 18.9 Å². The third-order valence-corrected chi connectivity index (χ3v) is 4.95. The zero-order chi connectivity index (χ0) is 26.2. The van der Waals surface area contributed by atoms with Crippen LogP contribution in [0.1, 0.15) is 58.0 Å². The van der Waals surface area contributed by atoms with Gasteiger partial charge in [-0.05, 0) is 32.3 Å². The summed E-state index contributed by atoms with van der Waals surface area (Å²) in [6.07, 6.45) is -2.63. The van der Waals surface area contributed by atoms with Gasteiger partial charge in [0, 0.05) is 28.9 Å². The lowest BCUT2D eigenvalue weighted by Crippen LogP contribution is -2.28. The summed E-state index contributed by atoms with van der Waals surface area (Å²) in [4.78, 5) is 45.8. The van der Waals surface area contributed by atoms with Crippen molar-refractivity contribution in [1.82, 2.24) is 0 Å². The van der Waals surface area contributed by atoms with Gasteiger partial charge < -0.3 is 20.9 Å². The lowest BCUT2D eigenvalue weighted by atomic mass is 9.83. The minimum atomic E-state index is -5.08. The van der Waals surface area contributed by atoms with E-state index in [0.717, 1.165) is 19.3 Å². The van der Waals surface area contributed by atoms with Crippen LogP contribution in [0.2, 0.25) is 0 Å². The van der Waals surface area contributed by atoms with Gasteiger partial charge in [-0.25, -0.2) is 4.79 Å².